The second-order valence-electron chi connectivity index (χ2n) is 7.10. The molecule has 0 saturated carbocycles. The van der Waals surface area contributed by atoms with Crippen molar-refractivity contribution in [2.45, 2.75) is 32.0 Å². The molecule has 0 spiro atoms. The fourth-order valence-corrected chi connectivity index (χ4v) is 3.45. The van der Waals surface area contributed by atoms with Gasteiger partial charge in [0.2, 0.25) is 5.91 Å². The highest BCUT2D eigenvalue weighted by molar-refractivity contribution is 6.01. The third-order valence-electron chi connectivity index (χ3n) is 5.01. The van der Waals surface area contributed by atoms with Crippen molar-refractivity contribution in [2.24, 2.45) is 0 Å². The Bertz CT molecular complexity index is 1060. The molecule has 7 nitrogen and oxygen atoms in total. The van der Waals surface area contributed by atoms with Crippen LogP contribution in [-0.4, -0.2) is 34.2 Å². The highest BCUT2D eigenvalue weighted by atomic mass is 19.4. The Morgan fingerprint density at radius 1 is 1.19 bits per heavy atom. The molecule has 1 fully saturated rings. The first-order chi connectivity index (χ1) is 14.5. The fourth-order valence-electron chi connectivity index (χ4n) is 3.45. The number of carbonyl (C=O) groups is 2. The highest BCUT2D eigenvalue weighted by Gasteiger charge is 2.36. The topological polar surface area (TPSA) is 92.6 Å². The van der Waals surface area contributed by atoms with Crippen molar-refractivity contribution < 1.29 is 32.1 Å². The largest absolute Gasteiger partial charge is 0.416 e. The number of rotatable bonds is 4. The molecule has 0 aliphatic carbocycles. The van der Waals surface area contributed by atoms with Crippen molar-refractivity contribution in [1.82, 2.24) is 4.90 Å². The standard InChI is InChI=1S/C20H17F4N3O4/c1-11-9-12(4-7-16(11)27(30)31)19(29)26-8-2-3-17(26)18(28)25-15-10-13(20(22,23)24)5-6-14(15)21/h4-7,9-10,17H,2-3,8H2,1H3,(H,25,28). The summed E-state index contributed by atoms with van der Waals surface area (Å²) in [4.78, 5) is 37.1. The molecule has 0 bridgehead atoms. The number of carbonyl (C=O) groups excluding carboxylic acids is 2. The van der Waals surface area contributed by atoms with E-state index < -0.39 is 46.0 Å². The number of aryl methyl sites for hydroxylation is 1. The third kappa shape index (κ3) is 4.65. The quantitative estimate of drug-likeness (QED) is 0.437. The van der Waals surface area contributed by atoms with E-state index in [0.717, 1.165) is 0 Å². The summed E-state index contributed by atoms with van der Waals surface area (Å²) < 4.78 is 52.6. The first-order valence-corrected chi connectivity index (χ1v) is 9.22. The summed E-state index contributed by atoms with van der Waals surface area (Å²) in [5, 5.41) is 13.1. The van der Waals surface area contributed by atoms with Crippen LogP contribution in [0.3, 0.4) is 0 Å². The van der Waals surface area contributed by atoms with Crippen LogP contribution in [0.1, 0.15) is 34.3 Å². The molecule has 11 heteroatoms. The predicted molar refractivity (Wildman–Crippen MR) is 102 cm³/mol. The number of nitro groups is 1. The molecule has 1 aliphatic heterocycles. The number of hydrogen-bond donors (Lipinski definition) is 1. The van der Waals surface area contributed by atoms with Gasteiger partial charge in [-0.1, -0.05) is 0 Å². The van der Waals surface area contributed by atoms with Crippen LogP contribution < -0.4 is 5.32 Å². The monoisotopic (exact) mass is 439 g/mol. The van der Waals surface area contributed by atoms with Crippen LogP contribution in [0.15, 0.2) is 36.4 Å². The first-order valence-electron chi connectivity index (χ1n) is 9.22. The number of amides is 2. The molecule has 2 aromatic rings. The number of likely N-dealkylation sites (tertiary alicyclic amines) is 1. The lowest BCUT2D eigenvalue weighted by molar-refractivity contribution is -0.385. The average Bonchev–Trinajstić information content (AvgIpc) is 3.17. The van der Waals surface area contributed by atoms with Gasteiger partial charge < -0.3 is 10.2 Å². The van der Waals surface area contributed by atoms with Gasteiger partial charge in [0.15, 0.2) is 0 Å². The number of nitrogens with zero attached hydrogens (tertiary/aromatic N) is 2. The molecule has 1 atom stereocenters. The minimum atomic E-state index is -4.71. The van der Waals surface area contributed by atoms with E-state index >= 15 is 0 Å². The summed E-state index contributed by atoms with van der Waals surface area (Å²) in [6.45, 7) is 1.68. The van der Waals surface area contributed by atoms with E-state index in [2.05, 4.69) is 5.32 Å². The Balaban J connectivity index is 1.80. The maximum absolute atomic E-state index is 14.0. The minimum Gasteiger partial charge on any atom is -0.327 e. The van der Waals surface area contributed by atoms with Crippen LogP contribution in [0, 0.1) is 22.9 Å². The predicted octanol–water partition coefficient (Wildman–Crippen LogP) is 4.30. The Morgan fingerprint density at radius 3 is 2.52 bits per heavy atom. The van der Waals surface area contributed by atoms with Crippen LogP contribution >= 0.6 is 0 Å². The van der Waals surface area contributed by atoms with Gasteiger partial charge >= 0.3 is 6.18 Å². The summed E-state index contributed by atoms with van der Waals surface area (Å²) in [6, 6.07) is 4.44. The van der Waals surface area contributed by atoms with E-state index in [9.17, 15) is 37.3 Å². The van der Waals surface area contributed by atoms with E-state index in [-0.39, 0.29) is 29.8 Å². The summed E-state index contributed by atoms with van der Waals surface area (Å²) in [5.41, 5.74) is -1.52. The van der Waals surface area contributed by atoms with E-state index in [4.69, 9.17) is 0 Å². The van der Waals surface area contributed by atoms with Crippen LogP contribution in [0.2, 0.25) is 0 Å². The van der Waals surface area contributed by atoms with Crippen LogP contribution in [0.25, 0.3) is 0 Å². The zero-order valence-corrected chi connectivity index (χ0v) is 16.2. The van der Waals surface area contributed by atoms with Crippen molar-refractivity contribution >= 4 is 23.2 Å². The summed E-state index contributed by atoms with van der Waals surface area (Å²) in [6.07, 6.45) is -4.01. The molecule has 3 rings (SSSR count). The van der Waals surface area contributed by atoms with Crippen molar-refractivity contribution in [1.29, 1.82) is 0 Å². The summed E-state index contributed by atoms with van der Waals surface area (Å²) >= 11 is 0. The summed E-state index contributed by atoms with van der Waals surface area (Å²) in [7, 11) is 0. The molecule has 31 heavy (non-hydrogen) atoms. The van der Waals surface area contributed by atoms with Crippen molar-refractivity contribution in [3.8, 4) is 0 Å². The Hall–Kier alpha value is -3.50. The van der Waals surface area contributed by atoms with Gasteiger partial charge in [-0.05, 0) is 50.1 Å². The van der Waals surface area contributed by atoms with Gasteiger partial charge in [0.1, 0.15) is 11.9 Å². The normalized spacial score (nSPS) is 16.3. The fraction of sp³-hybridized carbons (Fsp3) is 0.300. The van der Waals surface area contributed by atoms with Crippen LogP contribution in [0.4, 0.5) is 28.9 Å². The van der Waals surface area contributed by atoms with Gasteiger partial charge in [-0.2, -0.15) is 13.2 Å². The number of nitrogens with one attached hydrogen (secondary N) is 1. The Kier molecular flexibility index (Phi) is 5.96. The highest BCUT2D eigenvalue weighted by Crippen LogP contribution is 2.32. The smallest absolute Gasteiger partial charge is 0.327 e. The van der Waals surface area contributed by atoms with Crippen LogP contribution in [0.5, 0.6) is 0 Å². The summed E-state index contributed by atoms with van der Waals surface area (Å²) in [5.74, 6) is -2.41. The lowest BCUT2D eigenvalue weighted by Gasteiger charge is -2.24. The van der Waals surface area contributed by atoms with Gasteiger partial charge in [-0.25, -0.2) is 4.39 Å². The molecule has 1 heterocycles. The minimum absolute atomic E-state index is 0.132. The zero-order chi connectivity index (χ0) is 22.9. The van der Waals surface area contributed by atoms with E-state index in [0.29, 0.717) is 24.6 Å². The molecule has 2 amide bonds. The maximum atomic E-state index is 14.0. The third-order valence-corrected chi connectivity index (χ3v) is 5.01. The molecule has 1 saturated heterocycles. The van der Waals surface area contributed by atoms with Gasteiger partial charge in [0.25, 0.3) is 11.6 Å². The Morgan fingerprint density at radius 2 is 1.90 bits per heavy atom. The van der Waals surface area contributed by atoms with Crippen molar-refractivity contribution in [3.05, 3.63) is 69.0 Å². The molecule has 164 valence electrons. The molecule has 2 aromatic carbocycles. The van der Waals surface area contributed by atoms with Gasteiger partial charge in [0.05, 0.1) is 16.2 Å². The molecular formula is C20H17F4N3O4. The number of benzene rings is 2. The molecular weight excluding hydrogens is 422 g/mol. The van der Waals surface area contributed by atoms with Crippen LogP contribution in [-0.2, 0) is 11.0 Å². The van der Waals surface area contributed by atoms with E-state index in [1.165, 1.54) is 30.0 Å². The van der Waals surface area contributed by atoms with E-state index in [1.807, 2.05) is 0 Å². The number of nitro benzene ring substituents is 1. The second kappa shape index (κ2) is 8.32. The number of alkyl halides is 3. The lowest BCUT2D eigenvalue weighted by atomic mass is 10.1. The molecule has 0 aromatic heterocycles. The molecule has 1 N–H and O–H groups in total. The average molecular weight is 439 g/mol. The first kappa shape index (κ1) is 22.2. The lowest BCUT2D eigenvalue weighted by Crippen LogP contribution is -2.43. The van der Waals surface area contributed by atoms with Gasteiger partial charge in [0, 0.05) is 23.7 Å². The SMILES string of the molecule is Cc1cc(C(=O)N2CCCC2C(=O)Nc2cc(C(F)(F)F)ccc2F)ccc1[N+](=O)[O-]. The second-order valence-corrected chi connectivity index (χ2v) is 7.10. The Labute approximate surface area is 173 Å². The van der Waals surface area contributed by atoms with Gasteiger partial charge in [-0.3, -0.25) is 19.7 Å². The van der Waals surface area contributed by atoms with Gasteiger partial charge in [-0.15, -0.1) is 0 Å². The number of anilines is 1. The van der Waals surface area contributed by atoms with E-state index in [1.54, 1.807) is 0 Å². The molecule has 0 radical (unpaired) electrons. The zero-order valence-electron chi connectivity index (χ0n) is 16.2. The maximum Gasteiger partial charge on any atom is 0.416 e. The van der Waals surface area contributed by atoms with Crippen molar-refractivity contribution in [2.75, 3.05) is 11.9 Å². The number of hydrogen-bond acceptors (Lipinski definition) is 4. The van der Waals surface area contributed by atoms with Crippen molar-refractivity contribution in [3.63, 3.8) is 0 Å². The number of halogens is 4. The molecule has 1 aliphatic rings. The molecule has 1 unspecified atom stereocenters.